The molecule has 0 bridgehead atoms. The lowest BCUT2D eigenvalue weighted by Gasteiger charge is -2.19. The zero-order valence-electron chi connectivity index (χ0n) is 12.1. The van der Waals surface area contributed by atoms with Crippen LogP contribution in [-0.2, 0) is 9.53 Å². The van der Waals surface area contributed by atoms with Gasteiger partial charge in [-0.15, -0.1) is 0 Å². The van der Waals surface area contributed by atoms with E-state index in [2.05, 4.69) is 9.84 Å². The van der Waals surface area contributed by atoms with E-state index < -0.39 is 5.97 Å². The number of hydrogen-bond acceptors (Lipinski definition) is 4. The number of methoxy groups -OCH3 is 1. The van der Waals surface area contributed by atoms with E-state index in [0.717, 1.165) is 5.69 Å². The lowest BCUT2D eigenvalue weighted by atomic mass is 10.2. The average Bonchev–Trinajstić information content (AvgIpc) is 2.76. The molecular formula is C13H21N3O3. The lowest BCUT2D eigenvalue weighted by Crippen LogP contribution is -2.36. The minimum Gasteiger partial charge on any atom is -0.468 e. The van der Waals surface area contributed by atoms with Crippen LogP contribution in [0.4, 0.5) is 0 Å². The fourth-order valence-electron chi connectivity index (χ4n) is 1.87. The molecule has 0 aromatic carbocycles. The molecule has 0 saturated carbocycles. The van der Waals surface area contributed by atoms with E-state index in [-0.39, 0.29) is 18.5 Å². The topological polar surface area (TPSA) is 64.4 Å². The molecule has 0 aliphatic heterocycles. The van der Waals surface area contributed by atoms with Crippen LogP contribution in [0.1, 0.15) is 42.9 Å². The van der Waals surface area contributed by atoms with E-state index in [4.69, 9.17) is 0 Å². The molecule has 1 amide bonds. The molecule has 1 rings (SSSR count). The summed E-state index contributed by atoms with van der Waals surface area (Å²) in [6.45, 7) is 8.08. The van der Waals surface area contributed by atoms with E-state index in [9.17, 15) is 9.59 Å². The van der Waals surface area contributed by atoms with Crippen molar-refractivity contribution in [3.8, 4) is 0 Å². The summed E-state index contributed by atoms with van der Waals surface area (Å²) in [5.41, 5.74) is 1.34. The zero-order chi connectivity index (χ0) is 14.6. The smallest absolute Gasteiger partial charge is 0.325 e. The van der Waals surface area contributed by atoms with Gasteiger partial charge in [0.25, 0.3) is 5.91 Å². The van der Waals surface area contributed by atoms with Crippen LogP contribution in [0.25, 0.3) is 0 Å². The number of nitrogens with zero attached hydrogens (tertiary/aromatic N) is 3. The Balaban J connectivity index is 2.95. The predicted molar refractivity (Wildman–Crippen MR) is 70.9 cm³/mol. The highest BCUT2D eigenvalue weighted by molar-refractivity contribution is 5.96. The third-order valence-corrected chi connectivity index (χ3v) is 2.98. The highest BCUT2D eigenvalue weighted by Crippen LogP contribution is 2.14. The maximum absolute atomic E-state index is 12.3. The molecular weight excluding hydrogens is 246 g/mol. The number of likely N-dealkylation sites (N-methyl/N-ethyl adjacent to an activating group) is 1. The Labute approximate surface area is 113 Å². The highest BCUT2D eigenvalue weighted by Gasteiger charge is 2.22. The number of aromatic nitrogens is 2. The van der Waals surface area contributed by atoms with Crippen LogP contribution >= 0.6 is 0 Å². The molecule has 6 nitrogen and oxygen atoms in total. The Morgan fingerprint density at radius 3 is 2.53 bits per heavy atom. The standard InChI is InChI=1S/C13H21N3O3/c1-6-15(8-12(17)19-5)13(18)11-7-14-16(9(2)3)10(11)4/h7,9H,6,8H2,1-5H3. The van der Waals surface area contributed by atoms with Gasteiger partial charge in [-0.1, -0.05) is 0 Å². The first kappa shape index (κ1) is 15.2. The van der Waals surface area contributed by atoms with Crippen molar-refractivity contribution in [2.45, 2.75) is 33.7 Å². The summed E-state index contributed by atoms with van der Waals surface area (Å²) in [7, 11) is 1.31. The Hall–Kier alpha value is -1.85. The molecule has 0 unspecified atom stereocenters. The van der Waals surface area contributed by atoms with Crippen LogP contribution in [0.2, 0.25) is 0 Å². The van der Waals surface area contributed by atoms with Crippen molar-refractivity contribution in [3.05, 3.63) is 17.5 Å². The van der Waals surface area contributed by atoms with Gasteiger partial charge in [0.15, 0.2) is 0 Å². The van der Waals surface area contributed by atoms with Crippen molar-refractivity contribution < 1.29 is 14.3 Å². The molecule has 106 valence electrons. The number of ether oxygens (including phenoxy) is 1. The SMILES string of the molecule is CCN(CC(=O)OC)C(=O)c1cnn(C(C)C)c1C. The summed E-state index contributed by atoms with van der Waals surface area (Å²) < 4.78 is 6.38. The number of amides is 1. The van der Waals surface area contributed by atoms with Gasteiger partial charge in [-0.2, -0.15) is 5.10 Å². The molecule has 0 atom stereocenters. The number of rotatable bonds is 5. The first-order valence-electron chi connectivity index (χ1n) is 6.32. The van der Waals surface area contributed by atoms with Crippen molar-refractivity contribution in [1.29, 1.82) is 0 Å². The van der Waals surface area contributed by atoms with E-state index >= 15 is 0 Å². The van der Waals surface area contributed by atoms with Crippen molar-refractivity contribution in [1.82, 2.24) is 14.7 Å². The van der Waals surface area contributed by atoms with Gasteiger partial charge in [0.2, 0.25) is 0 Å². The van der Waals surface area contributed by atoms with Crippen LogP contribution in [0.15, 0.2) is 6.20 Å². The summed E-state index contributed by atoms with van der Waals surface area (Å²) in [5, 5.41) is 4.21. The molecule has 1 aromatic rings. The molecule has 0 N–H and O–H groups in total. The Kier molecular flexibility index (Phi) is 5.09. The largest absolute Gasteiger partial charge is 0.468 e. The summed E-state index contributed by atoms with van der Waals surface area (Å²) in [5.74, 6) is -0.624. The first-order valence-corrected chi connectivity index (χ1v) is 6.32. The van der Waals surface area contributed by atoms with Crippen LogP contribution in [0.5, 0.6) is 0 Å². The predicted octanol–water partition coefficient (Wildman–Crippen LogP) is 1.41. The third-order valence-electron chi connectivity index (χ3n) is 2.98. The molecule has 1 aromatic heterocycles. The Bertz CT molecular complexity index is 466. The molecule has 0 aliphatic carbocycles. The third kappa shape index (κ3) is 3.33. The summed E-state index contributed by atoms with van der Waals surface area (Å²) in [6, 6.07) is 0.192. The first-order chi connectivity index (χ1) is 8.92. The molecule has 0 aliphatic rings. The number of carbonyl (C=O) groups is 2. The van der Waals surface area contributed by atoms with E-state index in [1.807, 2.05) is 27.7 Å². The van der Waals surface area contributed by atoms with Crippen molar-refractivity contribution in [3.63, 3.8) is 0 Å². The normalized spacial score (nSPS) is 10.6. The fourth-order valence-corrected chi connectivity index (χ4v) is 1.87. The highest BCUT2D eigenvalue weighted by atomic mass is 16.5. The van der Waals surface area contributed by atoms with Crippen molar-refractivity contribution in [2.75, 3.05) is 20.2 Å². The minimum atomic E-state index is -0.427. The quantitative estimate of drug-likeness (QED) is 0.757. The molecule has 19 heavy (non-hydrogen) atoms. The van der Waals surface area contributed by atoms with Gasteiger partial charge < -0.3 is 9.64 Å². The van der Waals surface area contributed by atoms with Crippen LogP contribution in [0, 0.1) is 6.92 Å². The van der Waals surface area contributed by atoms with Crippen molar-refractivity contribution in [2.24, 2.45) is 0 Å². The number of hydrogen-bond donors (Lipinski definition) is 0. The van der Waals surface area contributed by atoms with Gasteiger partial charge in [-0.25, -0.2) is 0 Å². The van der Waals surface area contributed by atoms with E-state index in [1.54, 1.807) is 10.9 Å². The van der Waals surface area contributed by atoms with Gasteiger partial charge in [0, 0.05) is 18.3 Å². The molecule has 0 saturated heterocycles. The van der Waals surface area contributed by atoms with Crippen LogP contribution in [-0.4, -0.2) is 46.8 Å². The van der Waals surface area contributed by atoms with Gasteiger partial charge in [-0.3, -0.25) is 14.3 Å². The summed E-state index contributed by atoms with van der Waals surface area (Å²) >= 11 is 0. The molecule has 0 radical (unpaired) electrons. The van der Waals surface area contributed by atoms with Gasteiger partial charge in [-0.05, 0) is 27.7 Å². The van der Waals surface area contributed by atoms with E-state index in [1.165, 1.54) is 12.0 Å². The fraction of sp³-hybridized carbons (Fsp3) is 0.615. The van der Waals surface area contributed by atoms with Gasteiger partial charge >= 0.3 is 5.97 Å². The minimum absolute atomic E-state index is 0.0435. The number of esters is 1. The second-order valence-electron chi connectivity index (χ2n) is 4.58. The average molecular weight is 267 g/mol. The monoisotopic (exact) mass is 267 g/mol. The summed E-state index contributed by atoms with van der Waals surface area (Å²) in [4.78, 5) is 25.1. The molecule has 1 heterocycles. The van der Waals surface area contributed by atoms with E-state index in [0.29, 0.717) is 12.1 Å². The summed E-state index contributed by atoms with van der Waals surface area (Å²) in [6.07, 6.45) is 1.55. The lowest BCUT2D eigenvalue weighted by molar-refractivity contribution is -0.141. The Morgan fingerprint density at radius 2 is 2.11 bits per heavy atom. The molecule has 0 spiro atoms. The van der Waals surface area contributed by atoms with Gasteiger partial charge in [0.1, 0.15) is 6.54 Å². The maximum atomic E-state index is 12.3. The second-order valence-corrected chi connectivity index (χ2v) is 4.58. The van der Waals surface area contributed by atoms with Crippen molar-refractivity contribution >= 4 is 11.9 Å². The van der Waals surface area contributed by atoms with Crippen LogP contribution in [0.3, 0.4) is 0 Å². The number of carbonyl (C=O) groups excluding carboxylic acids is 2. The van der Waals surface area contributed by atoms with Crippen LogP contribution < -0.4 is 0 Å². The second kappa shape index (κ2) is 6.36. The molecule has 6 heteroatoms. The van der Waals surface area contributed by atoms with Gasteiger partial charge in [0.05, 0.1) is 18.9 Å². The Morgan fingerprint density at radius 1 is 1.47 bits per heavy atom. The zero-order valence-corrected chi connectivity index (χ0v) is 12.1. The molecule has 0 fully saturated rings. The maximum Gasteiger partial charge on any atom is 0.325 e.